The lowest BCUT2D eigenvalue weighted by molar-refractivity contribution is -0.149. The maximum Gasteiger partial charge on any atom is 0.311 e. The van der Waals surface area contributed by atoms with Crippen LogP contribution in [0.15, 0.2) is 18.2 Å². The Morgan fingerprint density at radius 1 is 1.40 bits per heavy atom. The topological polar surface area (TPSA) is 40.5 Å². The highest BCUT2D eigenvalue weighted by atomic mass is 35.5. The maximum atomic E-state index is 11.7. The van der Waals surface area contributed by atoms with Crippen molar-refractivity contribution in [1.29, 1.82) is 0 Å². The van der Waals surface area contributed by atoms with Gasteiger partial charge in [-0.05, 0) is 30.9 Å². The number of halogens is 2. The Balaban J connectivity index is 1.80. The average molecular weight is 314 g/mol. The van der Waals surface area contributed by atoms with Gasteiger partial charge in [0.25, 0.3) is 0 Å². The fraction of sp³-hybridized carbons (Fsp3) is 0.533. The highest BCUT2D eigenvalue weighted by Crippen LogP contribution is 2.49. The van der Waals surface area contributed by atoms with Gasteiger partial charge in [-0.3, -0.25) is 9.69 Å². The Kier molecular flexibility index (Phi) is 3.69. The van der Waals surface area contributed by atoms with Gasteiger partial charge in [-0.25, -0.2) is 0 Å². The molecular weight excluding hydrogens is 297 g/mol. The summed E-state index contributed by atoms with van der Waals surface area (Å²) in [4.78, 5) is 13.8. The normalized spacial score (nSPS) is 29.6. The first kappa shape index (κ1) is 14.2. The van der Waals surface area contributed by atoms with E-state index in [2.05, 4.69) is 4.90 Å². The van der Waals surface area contributed by atoms with Gasteiger partial charge in [-0.1, -0.05) is 35.7 Å². The molecule has 2 atom stereocenters. The van der Waals surface area contributed by atoms with E-state index in [4.69, 9.17) is 23.2 Å². The Hall–Kier alpha value is -0.770. The van der Waals surface area contributed by atoms with Gasteiger partial charge >= 0.3 is 5.97 Å². The van der Waals surface area contributed by atoms with Crippen LogP contribution in [0.1, 0.15) is 24.8 Å². The van der Waals surface area contributed by atoms with Crippen molar-refractivity contribution in [2.45, 2.75) is 25.8 Å². The van der Waals surface area contributed by atoms with Gasteiger partial charge in [0.05, 0.1) is 5.41 Å². The van der Waals surface area contributed by atoms with E-state index in [0.29, 0.717) is 23.1 Å². The first-order valence-corrected chi connectivity index (χ1v) is 7.67. The zero-order chi connectivity index (χ0) is 14.3. The quantitative estimate of drug-likeness (QED) is 0.925. The van der Waals surface area contributed by atoms with Gasteiger partial charge in [0, 0.05) is 35.2 Å². The maximum absolute atomic E-state index is 11.7. The molecule has 3 rings (SSSR count). The summed E-state index contributed by atoms with van der Waals surface area (Å²) in [5.41, 5.74) is 0.352. The van der Waals surface area contributed by atoms with Crippen LogP contribution in [0.5, 0.6) is 0 Å². The Labute approximate surface area is 128 Å². The van der Waals surface area contributed by atoms with Crippen molar-refractivity contribution < 1.29 is 9.90 Å². The fourth-order valence-electron chi connectivity index (χ4n) is 3.77. The number of likely N-dealkylation sites (tertiary alicyclic amines) is 1. The van der Waals surface area contributed by atoms with Crippen LogP contribution in [0, 0.1) is 11.3 Å². The Bertz CT molecular complexity index is 528. The van der Waals surface area contributed by atoms with Gasteiger partial charge in [0.15, 0.2) is 0 Å². The standard InChI is InChI=1S/C15H17Cl2NO2/c16-12-4-1-5-13(17)11(12)8-18-7-10-3-2-6-15(10,9-18)14(19)20/h1,4-5,10H,2-3,6-9H2,(H,19,20)/t10-,15+/m0/s1. The molecule has 0 radical (unpaired) electrons. The molecule has 1 saturated heterocycles. The lowest BCUT2D eigenvalue weighted by Gasteiger charge is -2.23. The van der Waals surface area contributed by atoms with Crippen LogP contribution in [0.25, 0.3) is 0 Å². The molecule has 1 aliphatic heterocycles. The second-order valence-corrected chi connectivity index (χ2v) is 6.73. The highest BCUT2D eigenvalue weighted by molar-refractivity contribution is 6.35. The van der Waals surface area contributed by atoms with Crippen molar-refractivity contribution in [2.75, 3.05) is 13.1 Å². The van der Waals surface area contributed by atoms with Gasteiger partial charge in [-0.2, -0.15) is 0 Å². The molecule has 0 aromatic heterocycles. The van der Waals surface area contributed by atoms with Crippen molar-refractivity contribution >= 4 is 29.2 Å². The smallest absolute Gasteiger partial charge is 0.311 e. The highest BCUT2D eigenvalue weighted by Gasteiger charge is 2.54. The number of fused-ring (bicyclic) bond motifs is 1. The van der Waals surface area contributed by atoms with E-state index in [-0.39, 0.29) is 5.92 Å². The number of aliphatic carboxylic acids is 1. The number of benzene rings is 1. The number of carbonyl (C=O) groups is 1. The summed E-state index contributed by atoms with van der Waals surface area (Å²) in [6.45, 7) is 2.06. The van der Waals surface area contributed by atoms with Crippen LogP contribution < -0.4 is 0 Å². The van der Waals surface area contributed by atoms with Gasteiger partial charge < -0.3 is 5.11 Å². The van der Waals surface area contributed by atoms with Crippen LogP contribution in [0.4, 0.5) is 0 Å². The van der Waals surface area contributed by atoms with E-state index < -0.39 is 11.4 Å². The first-order valence-electron chi connectivity index (χ1n) is 6.91. The van der Waals surface area contributed by atoms with Gasteiger partial charge in [0.1, 0.15) is 0 Å². The summed E-state index contributed by atoms with van der Waals surface area (Å²) in [6.07, 6.45) is 2.83. The molecule has 0 unspecified atom stereocenters. The number of nitrogens with zero attached hydrogens (tertiary/aromatic N) is 1. The molecule has 2 aliphatic rings. The largest absolute Gasteiger partial charge is 0.481 e. The summed E-state index contributed by atoms with van der Waals surface area (Å²) in [6, 6.07) is 5.48. The molecular formula is C15H17Cl2NO2. The van der Waals surface area contributed by atoms with E-state index in [0.717, 1.165) is 31.4 Å². The van der Waals surface area contributed by atoms with Gasteiger partial charge in [0.2, 0.25) is 0 Å². The lowest BCUT2D eigenvalue weighted by Crippen LogP contribution is -2.35. The summed E-state index contributed by atoms with van der Waals surface area (Å²) in [5.74, 6) is -0.381. The van der Waals surface area contributed by atoms with Crippen LogP contribution in [-0.2, 0) is 11.3 Å². The third-order valence-corrected chi connectivity index (χ3v) is 5.52. The summed E-state index contributed by atoms with van der Waals surface area (Å²) in [5, 5.41) is 10.9. The monoisotopic (exact) mass is 313 g/mol. The second kappa shape index (κ2) is 5.21. The molecule has 1 saturated carbocycles. The Morgan fingerprint density at radius 2 is 2.10 bits per heavy atom. The summed E-state index contributed by atoms with van der Waals surface area (Å²) < 4.78 is 0. The van der Waals surface area contributed by atoms with Crippen molar-refractivity contribution in [1.82, 2.24) is 4.90 Å². The third kappa shape index (κ3) is 2.22. The SMILES string of the molecule is O=C(O)[C@@]12CCC[C@H]1CN(Cc1c(Cl)cccc1Cl)C2. The average Bonchev–Trinajstić information content (AvgIpc) is 2.91. The molecule has 1 aromatic carbocycles. The van der Waals surface area contributed by atoms with E-state index in [1.807, 2.05) is 18.2 Å². The molecule has 0 spiro atoms. The predicted molar refractivity (Wildman–Crippen MR) is 79.1 cm³/mol. The van der Waals surface area contributed by atoms with Crippen molar-refractivity contribution in [3.05, 3.63) is 33.8 Å². The summed E-state index contributed by atoms with van der Waals surface area (Å²) >= 11 is 12.4. The first-order chi connectivity index (χ1) is 9.53. The van der Waals surface area contributed by atoms with Crippen LogP contribution in [0.3, 0.4) is 0 Å². The molecule has 0 amide bonds. The second-order valence-electron chi connectivity index (χ2n) is 5.92. The molecule has 1 aliphatic carbocycles. The van der Waals surface area contributed by atoms with Crippen molar-refractivity contribution in [3.63, 3.8) is 0 Å². The minimum Gasteiger partial charge on any atom is -0.481 e. The van der Waals surface area contributed by atoms with Crippen LogP contribution in [0.2, 0.25) is 10.0 Å². The fourth-order valence-corrected chi connectivity index (χ4v) is 4.29. The van der Waals surface area contributed by atoms with Crippen LogP contribution >= 0.6 is 23.2 Å². The Morgan fingerprint density at radius 3 is 2.70 bits per heavy atom. The molecule has 1 aromatic rings. The van der Waals surface area contributed by atoms with Gasteiger partial charge in [-0.15, -0.1) is 0 Å². The molecule has 3 nitrogen and oxygen atoms in total. The minimum atomic E-state index is -0.646. The van der Waals surface area contributed by atoms with E-state index in [1.165, 1.54) is 0 Å². The van der Waals surface area contributed by atoms with E-state index in [9.17, 15) is 9.90 Å². The van der Waals surface area contributed by atoms with E-state index >= 15 is 0 Å². The summed E-state index contributed by atoms with van der Waals surface area (Å²) in [7, 11) is 0. The molecule has 1 N–H and O–H groups in total. The van der Waals surface area contributed by atoms with Crippen molar-refractivity contribution in [2.24, 2.45) is 11.3 Å². The van der Waals surface area contributed by atoms with E-state index in [1.54, 1.807) is 0 Å². The lowest BCUT2D eigenvalue weighted by atomic mass is 9.81. The molecule has 1 heterocycles. The number of rotatable bonds is 3. The number of carboxylic acid groups (broad SMARTS) is 1. The van der Waals surface area contributed by atoms with Crippen LogP contribution in [-0.4, -0.2) is 29.1 Å². The zero-order valence-electron chi connectivity index (χ0n) is 11.1. The number of hydrogen-bond donors (Lipinski definition) is 1. The molecule has 2 fully saturated rings. The molecule has 108 valence electrons. The predicted octanol–water partition coefficient (Wildman–Crippen LogP) is 3.68. The molecule has 5 heteroatoms. The minimum absolute atomic E-state index is 0.265. The third-order valence-electron chi connectivity index (χ3n) is 4.81. The molecule has 20 heavy (non-hydrogen) atoms. The number of carboxylic acids is 1. The number of hydrogen-bond acceptors (Lipinski definition) is 2. The van der Waals surface area contributed by atoms with Crippen molar-refractivity contribution in [3.8, 4) is 0 Å². The zero-order valence-corrected chi connectivity index (χ0v) is 12.6. The molecule has 0 bridgehead atoms.